The Morgan fingerprint density at radius 3 is 2.61 bits per heavy atom. The Morgan fingerprint density at radius 1 is 1.00 bits per heavy atom. The van der Waals surface area contributed by atoms with Gasteiger partial charge in [0, 0.05) is 5.69 Å². The lowest BCUT2D eigenvalue weighted by molar-refractivity contribution is -0.119. The Kier molecular flexibility index (Phi) is 1.90. The number of amides is 1. The SMILES string of the molecule is O=C1C2C=CC(C2)N1c1ccc2ccccc2c1. The van der Waals surface area contributed by atoms with Crippen molar-refractivity contribution in [3.8, 4) is 0 Å². The van der Waals surface area contributed by atoms with Gasteiger partial charge < -0.3 is 4.90 Å². The maximum Gasteiger partial charge on any atom is 0.234 e. The number of fused-ring (bicyclic) bond motifs is 3. The summed E-state index contributed by atoms with van der Waals surface area (Å²) in [6.45, 7) is 0. The molecule has 18 heavy (non-hydrogen) atoms. The summed E-state index contributed by atoms with van der Waals surface area (Å²) >= 11 is 0. The van der Waals surface area contributed by atoms with E-state index in [-0.39, 0.29) is 17.9 Å². The summed E-state index contributed by atoms with van der Waals surface area (Å²) in [6.07, 6.45) is 5.15. The Hall–Kier alpha value is -2.09. The van der Waals surface area contributed by atoms with E-state index in [0.717, 1.165) is 12.1 Å². The molecule has 2 bridgehead atoms. The summed E-state index contributed by atoms with van der Waals surface area (Å²) in [7, 11) is 0. The Bertz CT molecular complexity index is 674. The summed E-state index contributed by atoms with van der Waals surface area (Å²) < 4.78 is 0. The van der Waals surface area contributed by atoms with Crippen LogP contribution in [0.15, 0.2) is 54.6 Å². The average Bonchev–Trinajstić information content (AvgIpc) is 2.99. The molecule has 1 heterocycles. The van der Waals surface area contributed by atoms with E-state index in [9.17, 15) is 4.79 Å². The van der Waals surface area contributed by atoms with Gasteiger partial charge in [-0.1, -0.05) is 42.5 Å². The lowest BCUT2D eigenvalue weighted by Crippen LogP contribution is -2.34. The Morgan fingerprint density at radius 2 is 1.83 bits per heavy atom. The van der Waals surface area contributed by atoms with E-state index < -0.39 is 0 Å². The van der Waals surface area contributed by atoms with Crippen molar-refractivity contribution in [2.24, 2.45) is 5.92 Å². The van der Waals surface area contributed by atoms with Crippen LogP contribution >= 0.6 is 0 Å². The molecule has 4 rings (SSSR count). The summed E-state index contributed by atoms with van der Waals surface area (Å²) in [5.41, 5.74) is 1.02. The van der Waals surface area contributed by atoms with Gasteiger partial charge in [-0.25, -0.2) is 0 Å². The maximum atomic E-state index is 12.2. The molecule has 1 fully saturated rings. The quantitative estimate of drug-likeness (QED) is 0.695. The second kappa shape index (κ2) is 3.45. The van der Waals surface area contributed by atoms with Crippen molar-refractivity contribution in [3.05, 3.63) is 54.6 Å². The highest BCUT2D eigenvalue weighted by molar-refractivity contribution is 6.02. The first kappa shape index (κ1) is 9.89. The third-order valence-electron chi connectivity index (χ3n) is 3.96. The first-order chi connectivity index (χ1) is 8.83. The molecule has 2 aromatic carbocycles. The molecule has 2 nitrogen and oxygen atoms in total. The third-order valence-corrected chi connectivity index (χ3v) is 3.96. The molecule has 88 valence electrons. The molecule has 2 heteroatoms. The molecule has 2 aromatic rings. The maximum absolute atomic E-state index is 12.2. The molecule has 0 spiro atoms. The predicted octanol–water partition coefficient (Wildman–Crippen LogP) is 3.13. The summed E-state index contributed by atoms with van der Waals surface area (Å²) in [5, 5.41) is 2.41. The van der Waals surface area contributed by atoms with Crippen LogP contribution in [0.3, 0.4) is 0 Å². The number of nitrogens with zero attached hydrogens (tertiary/aromatic N) is 1. The molecular formula is C16H13NO. The number of hydrogen-bond acceptors (Lipinski definition) is 1. The normalized spacial score (nSPS) is 25.3. The van der Waals surface area contributed by atoms with Crippen molar-refractivity contribution < 1.29 is 4.79 Å². The number of rotatable bonds is 1. The highest BCUT2D eigenvalue weighted by atomic mass is 16.2. The van der Waals surface area contributed by atoms with Crippen LogP contribution in [0.4, 0.5) is 5.69 Å². The van der Waals surface area contributed by atoms with E-state index in [4.69, 9.17) is 0 Å². The molecule has 1 saturated heterocycles. The summed E-state index contributed by atoms with van der Waals surface area (Å²) in [4.78, 5) is 14.1. The highest BCUT2D eigenvalue weighted by Crippen LogP contribution is 2.37. The molecule has 0 N–H and O–H groups in total. The van der Waals surface area contributed by atoms with Crippen LogP contribution in [0.25, 0.3) is 10.8 Å². The number of benzene rings is 2. The van der Waals surface area contributed by atoms with Crippen molar-refractivity contribution in [2.45, 2.75) is 12.5 Å². The Balaban J connectivity index is 1.83. The number of hydrogen-bond donors (Lipinski definition) is 0. The largest absolute Gasteiger partial charge is 0.305 e. The number of carbonyl (C=O) groups excluding carboxylic acids is 1. The lowest BCUT2D eigenvalue weighted by Gasteiger charge is -2.24. The minimum absolute atomic E-state index is 0.112. The molecule has 0 aromatic heterocycles. The van der Waals surface area contributed by atoms with Crippen molar-refractivity contribution in [2.75, 3.05) is 4.90 Å². The van der Waals surface area contributed by atoms with Crippen LogP contribution in [0.1, 0.15) is 6.42 Å². The van der Waals surface area contributed by atoms with Gasteiger partial charge in [-0.05, 0) is 29.3 Å². The molecule has 2 atom stereocenters. The van der Waals surface area contributed by atoms with Gasteiger partial charge in [0.2, 0.25) is 5.91 Å². The molecule has 0 saturated carbocycles. The van der Waals surface area contributed by atoms with Crippen LogP contribution in [0, 0.1) is 5.92 Å². The van der Waals surface area contributed by atoms with Crippen LogP contribution in [-0.2, 0) is 4.79 Å². The minimum Gasteiger partial charge on any atom is -0.305 e. The van der Waals surface area contributed by atoms with Gasteiger partial charge in [-0.2, -0.15) is 0 Å². The standard InChI is InChI=1S/C16H13NO/c18-16-13-6-8-15(10-13)17(16)14-7-5-11-3-1-2-4-12(11)9-14/h1-9,13,15H,10H2. The molecule has 1 aliphatic heterocycles. The molecule has 2 aliphatic rings. The van der Waals surface area contributed by atoms with E-state index in [1.165, 1.54) is 10.8 Å². The minimum atomic E-state index is 0.112. The predicted molar refractivity (Wildman–Crippen MR) is 72.5 cm³/mol. The summed E-state index contributed by atoms with van der Waals surface area (Å²) in [6, 6.07) is 14.8. The van der Waals surface area contributed by atoms with Gasteiger partial charge in [0.05, 0.1) is 12.0 Å². The van der Waals surface area contributed by atoms with Gasteiger partial charge in [-0.3, -0.25) is 4.79 Å². The van der Waals surface area contributed by atoms with E-state index in [1.807, 2.05) is 23.1 Å². The van der Waals surface area contributed by atoms with Crippen molar-refractivity contribution in [1.29, 1.82) is 0 Å². The molecule has 1 amide bonds. The number of carbonyl (C=O) groups is 1. The van der Waals surface area contributed by atoms with E-state index in [0.29, 0.717) is 0 Å². The highest BCUT2D eigenvalue weighted by Gasteiger charge is 2.41. The first-order valence-electron chi connectivity index (χ1n) is 6.33. The monoisotopic (exact) mass is 235 g/mol. The van der Waals surface area contributed by atoms with Gasteiger partial charge in [0.1, 0.15) is 0 Å². The van der Waals surface area contributed by atoms with Crippen molar-refractivity contribution in [3.63, 3.8) is 0 Å². The fourth-order valence-electron chi connectivity index (χ4n) is 3.04. The second-order valence-corrected chi connectivity index (χ2v) is 5.03. The Labute approximate surface area is 106 Å². The van der Waals surface area contributed by atoms with Crippen molar-refractivity contribution >= 4 is 22.4 Å². The second-order valence-electron chi connectivity index (χ2n) is 5.03. The van der Waals surface area contributed by atoms with Crippen molar-refractivity contribution in [1.82, 2.24) is 0 Å². The fourth-order valence-corrected chi connectivity index (χ4v) is 3.04. The topological polar surface area (TPSA) is 20.3 Å². The van der Waals surface area contributed by atoms with Crippen LogP contribution in [0.5, 0.6) is 0 Å². The molecular weight excluding hydrogens is 222 g/mol. The van der Waals surface area contributed by atoms with E-state index in [1.54, 1.807) is 0 Å². The van der Waals surface area contributed by atoms with Gasteiger partial charge in [-0.15, -0.1) is 0 Å². The molecule has 1 aliphatic carbocycles. The smallest absolute Gasteiger partial charge is 0.234 e. The van der Waals surface area contributed by atoms with E-state index in [2.05, 4.69) is 36.4 Å². The lowest BCUT2D eigenvalue weighted by atomic mass is 10.1. The van der Waals surface area contributed by atoms with Gasteiger partial charge in [0.25, 0.3) is 0 Å². The first-order valence-corrected chi connectivity index (χ1v) is 6.33. The van der Waals surface area contributed by atoms with Crippen LogP contribution in [-0.4, -0.2) is 11.9 Å². The number of anilines is 1. The average molecular weight is 235 g/mol. The molecule has 2 unspecified atom stereocenters. The zero-order valence-corrected chi connectivity index (χ0v) is 9.91. The fraction of sp³-hybridized carbons (Fsp3) is 0.188. The van der Waals surface area contributed by atoms with Crippen LogP contribution < -0.4 is 4.90 Å². The zero-order chi connectivity index (χ0) is 12.1. The summed E-state index contributed by atoms with van der Waals surface area (Å²) in [5.74, 6) is 0.360. The van der Waals surface area contributed by atoms with E-state index >= 15 is 0 Å². The van der Waals surface area contributed by atoms with Crippen LogP contribution in [0.2, 0.25) is 0 Å². The third kappa shape index (κ3) is 1.26. The van der Waals surface area contributed by atoms with Gasteiger partial charge >= 0.3 is 0 Å². The molecule has 0 radical (unpaired) electrons. The zero-order valence-electron chi connectivity index (χ0n) is 9.91. The van der Waals surface area contributed by atoms with Gasteiger partial charge in [0.15, 0.2) is 0 Å².